The summed E-state index contributed by atoms with van der Waals surface area (Å²) in [7, 11) is 1.43. The molecule has 0 bridgehead atoms. The largest absolute Gasteiger partial charge is 0.467 e. The Hall–Kier alpha value is -2.42. The van der Waals surface area contributed by atoms with E-state index >= 15 is 0 Å². The van der Waals surface area contributed by atoms with Gasteiger partial charge in [-0.1, -0.05) is 86.8 Å². The van der Waals surface area contributed by atoms with Crippen LogP contribution in [0.3, 0.4) is 0 Å². The molecule has 0 N–H and O–H groups in total. The first kappa shape index (κ1) is 17.9. The SMILES string of the molecule is CCCCCC(N=C(c1ccccc1)c1ccccc1)C(=O)OC. The molecule has 0 spiro atoms. The van der Waals surface area contributed by atoms with E-state index in [0.717, 1.165) is 36.1 Å². The maximum atomic E-state index is 12.2. The van der Waals surface area contributed by atoms with E-state index in [-0.39, 0.29) is 5.97 Å². The van der Waals surface area contributed by atoms with Crippen LogP contribution in [0.1, 0.15) is 43.7 Å². The van der Waals surface area contributed by atoms with Gasteiger partial charge in [0.05, 0.1) is 12.8 Å². The fraction of sp³-hybridized carbons (Fsp3) is 0.333. The van der Waals surface area contributed by atoms with Crippen molar-refractivity contribution in [3.8, 4) is 0 Å². The van der Waals surface area contributed by atoms with E-state index in [0.29, 0.717) is 6.42 Å². The maximum absolute atomic E-state index is 12.2. The Morgan fingerprint density at radius 2 is 1.50 bits per heavy atom. The van der Waals surface area contributed by atoms with Crippen molar-refractivity contribution in [1.29, 1.82) is 0 Å². The number of esters is 1. The fourth-order valence-corrected chi connectivity index (χ4v) is 2.62. The zero-order valence-corrected chi connectivity index (χ0v) is 14.4. The van der Waals surface area contributed by atoms with Gasteiger partial charge in [0.15, 0.2) is 0 Å². The van der Waals surface area contributed by atoms with Crippen molar-refractivity contribution in [1.82, 2.24) is 0 Å². The van der Waals surface area contributed by atoms with Gasteiger partial charge in [-0.05, 0) is 6.42 Å². The van der Waals surface area contributed by atoms with Crippen LogP contribution in [-0.2, 0) is 9.53 Å². The highest BCUT2D eigenvalue weighted by atomic mass is 16.5. The number of unbranched alkanes of at least 4 members (excludes halogenated alkanes) is 2. The summed E-state index contributed by atoms with van der Waals surface area (Å²) in [5, 5.41) is 0. The number of nitrogens with zero attached hydrogens (tertiary/aromatic N) is 1. The van der Waals surface area contributed by atoms with Crippen LogP contribution < -0.4 is 0 Å². The van der Waals surface area contributed by atoms with Gasteiger partial charge in [0.2, 0.25) is 0 Å². The first-order valence-electron chi connectivity index (χ1n) is 8.52. The molecule has 0 heterocycles. The number of methoxy groups -OCH3 is 1. The Morgan fingerprint density at radius 3 is 1.96 bits per heavy atom. The van der Waals surface area contributed by atoms with E-state index in [1.54, 1.807) is 0 Å². The van der Waals surface area contributed by atoms with Gasteiger partial charge in [-0.25, -0.2) is 4.79 Å². The summed E-state index contributed by atoms with van der Waals surface area (Å²) in [5.74, 6) is -0.268. The minimum absolute atomic E-state index is 0.268. The van der Waals surface area contributed by atoms with Gasteiger partial charge in [-0.3, -0.25) is 4.99 Å². The van der Waals surface area contributed by atoms with E-state index in [1.165, 1.54) is 7.11 Å². The summed E-state index contributed by atoms with van der Waals surface area (Å²) in [4.78, 5) is 17.0. The average molecular weight is 323 g/mol. The lowest BCUT2D eigenvalue weighted by Crippen LogP contribution is -2.22. The van der Waals surface area contributed by atoms with Crippen LogP contribution in [0, 0.1) is 0 Å². The van der Waals surface area contributed by atoms with E-state index < -0.39 is 6.04 Å². The summed E-state index contributed by atoms with van der Waals surface area (Å²) in [6.45, 7) is 2.15. The number of hydrogen-bond donors (Lipinski definition) is 0. The molecule has 0 saturated heterocycles. The van der Waals surface area contributed by atoms with Crippen molar-refractivity contribution >= 4 is 11.7 Å². The lowest BCUT2D eigenvalue weighted by Gasteiger charge is -2.14. The Kier molecular flexibility index (Phi) is 7.21. The van der Waals surface area contributed by atoms with Crippen LogP contribution in [0.15, 0.2) is 65.7 Å². The van der Waals surface area contributed by atoms with Crippen molar-refractivity contribution in [2.45, 2.75) is 38.6 Å². The number of carbonyl (C=O) groups is 1. The second-order valence-corrected chi connectivity index (χ2v) is 5.74. The standard InChI is InChI=1S/C21H25NO2/c1-3-4-7-16-19(21(23)24-2)22-20(17-12-8-5-9-13-17)18-14-10-6-11-15-18/h5-6,8-15,19H,3-4,7,16H2,1-2H3. The lowest BCUT2D eigenvalue weighted by molar-refractivity contribution is -0.142. The number of hydrogen-bond acceptors (Lipinski definition) is 3. The van der Waals surface area contributed by atoms with Gasteiger partial charge in [0.25, 0.3) is 0 Å². The lowest BCUT2D eigenvalue weighted by atomic mass is 10.0. The topological polar surface area (TPSA) is 38.7 Å². The molecule has 2 aromatic carbocycles. The predicted octanol–water partition coefficient (Wildman–Crippen LogP) is 4.65. The van der Waals surface area contributed by atoms with Crippen LogP contribution in [0.4, 0.5) is 0 Å². The molecule has 0 aliphatic heterocycles. The summed E-state index contributed by atoms with van der Waals surface area (Å²) in [6, 6.07) is 19.5. The predicted molar refractivity (Wildman–Crippen MR) is 98.5 cm³/mol. The quantitative estimate of drug-likeness (QED) is 0.403. The number of benzene rings is 2. The van der Waals surface area contributed by atoms with Gasteiger partial charge < -0.3 is 4.74 Å². The van der Waals surface area contributed by atoms with Crippen molar-refractivity contribution in [3.05, 3.63) is 71.8 Å². The molecule has 126 valence electrons. The summed E-state index contributed by atoms with van der Waals surface area (Å²) in [5.41, 5.74) is 2.85. The normalized spacial score (nSPS) is 11.6. The molecule has 1 atom stereocenters. The first-order chi connectivity index (χ1) is 11.8. The second kappa shape index (κ2) is 9.66. The average Bonchev–Trinajstić information content (AvgIpc) is 2.65. The van der Waals surface area contributed by atoms with E-state index in [1.807, 2.05) is 60.7 Å². The van der Waals surface area contributed by atoms with Gasteiger partial charge in [-0.2, -0.15) is 0 Å². The van der Waals surface area contributed by atoms with E-state index in [9.17, 15) is 4.79 Å². The summed E-state index contributed by atoms with van der Waals surface area (Å²) < 4.78 is 4.97. The van der Waals surface area contributed by atoms with Crippen LogP contribution in [0.25, 0.3) is 0 Å². The van der Waals surface area contributed by atoms with Gasteiger partial charge >= 0.3 is 5.97 Å². The van der Waals surface area contributed by atoms with Gasteiger partial charge in [0.1, 0.15) is 6.04 Å². The van der Waals surface area contributed by atoms with Crippen molar-refractivity contribution in [2.75, 3.05) is 7.11 Å². The number of ether oxygens (including phenoxy) is 1. The Labute approximate surface area is 144 Å². The third-order valence-corrected chi connectivity index (χ3v) is 3.93. The number of aliphatic imine (C=N–C) groups is 1. The minimum atomic E-state index is -0.461. The molecule has 2 rings (SSSR count). The molecule has 0 aliphatic carbocycles. The highest BCUT2D eigenvalue weighted by Crippen LogP contribution is 2.16. The first-order valence-corrected chi connectivity index (χ1v) is 8.52. The van der Waals surface area contributed by atoms with Gasteiger partial charge in [0, 0.05) is 11.1 Å². The Bertz CT molecular complexity index is 609. The molecule has 0 fully saturated rings. The van der Waals surface area contributed by atoms with Crippen molar-refractivity contribution < 1.29 is 9.53 Å². The smallest absolute Gasteiger partial charge is 0.330 e. The summed E-state index contributed by atoms with van der Waals surface area (Å²) in [6.07, 6.45) is 3.89. The molecule has 3 heteroatoms. The van der Waals surface area contributed by atoms with Crippen LogP contribution >= 0.6 is 0 Å². The molecule has 0 aromatic heterocycles. The second-order valence-electron chi connectivity index (χ2n) is 5.74. The molecule has 0 amide bonds. The minimum Gasteiger partial charge on any atom is -0.467 e. The molecule has 0 aliphatic rings. The highest BCUT2D eigenvalue weighted by molar-refractivity contribution is 6.13. The number of carbonyl (C=O) groups excluding carboxylic acids is 1. The molecular formula is C21H25NO2. The number of rotatable bonds is 8. The Morgan fingerprint density at radius 1 is 0.958 bits per heavy atom. The molecule has 2 aromatic rings. The monoisotopic (exact) mass is 323 g/mol. The molecule has 0 saturated carbocycles. The molecule has 1 unspecified atom stereocenters. The van der Waals surface area contributed by atoms with Crippen molar-refractivity contribution in [3.63, 3.8) is 0 Å². The summed E-state index contributed by atoms with van der Waals surface area (Å²) >= 11 is 0. The van der Waals surface area contributed by atoms with E-state index in [4.69, 9.17) is 9.73 Å². The molecule has 3 nitrogen and oxygen atoms in total. The zero-order chi connectivity index (χ0) is 17.2. The van der Waals surface area contributed by atoms with Crippen molar-refractivity contribution in [2.24, 2.45) is 4.99 Å². The zero-order valence-electron chi connectivity index (χ0n) is 14.4. The highest BCUT2D eigenvalue weighted by Gasteiger charge is 2.19. The van der Waals surface area contributed by atoms with E-state index in [2.05, 4.69) is 6.92 Å². The molecule has 0 radical (unpaired) electrons. The fourth-order valence-electron chi connectivity index (χ4n) is 2.62. The molecular weight excluding hydrogens is 298 g/mol. The third-order valence-electron chi connectivity index (χ3n) is 3.93. The third kappa shape index (κ3) is 5.05. The maximum Gasteiger partial charge on any atom is 0.330 e. The van der Waals surface area contributed by atoms with Crippen LogP contribution in [-0.4, -0.2) is 24.8 Å². The van der Waals surface area contributed by atoms with Crippen LogP contribution in [0.5, 0.6) is 0 Å². The van der Waals surface area contributed by atoms with Crippen LogP contribution in [0.2, 0.25) is 0 Å². The Balaban J connectivity index is 2.39. The van der Waals surface area contributed by atoms with Gasteiger partial charge in [-0.15, -0.1) is 0 Å². The molecule has 24 heavy (non-hydrogen) atoms.